The number of imide groups is 1. The number of urea groups is 1. The summed E-state index contributed by atoms with van der Waals surface area (Å²) in [5.41, 5.74) is 6.39. The van der Waals surface area contributed by atoms with E-state index in [9.17, 15) is 19.5 Å². The Morgan fingerprint density at radius 1 is 1.36 bits per heavy atom. The number of pyridine rings is 1. The van der Waals surface area contributed by atoms with Crippen LogP contribution in [0.25, 0.3) is 0 Å². The Bertz CT molecular complexity index is 762. The van der Waals surface area contributed by atoms with Crippen molar-refractivity contribution in [3.05, 3.63) is 23.9 Å². The predicted octanol–water partition coefficient (Wildman–Crippen LogP) is 2.14. The zero-order valence-corrected chi connectivity index (χ0v) is 16.4. The molecule has 1 aromatic heterocycles. The number of likely N-dealkylation sites (tertiary alicyclic amines) is 1. The lowest BCUT2D eigenvalue weighted by Gasteiger charge is -2.46. The monoisotopic (exact) mass is 388 g/mol. The van der Waals surface area contributed by atoms with Gasteiger partial charge in [0.1, 0.15) is 5.82 Å². The number of nitrogens with zero attached hydrogens (tertiary/aromatic N) is 3. The number of amides is 3. The summed E-state index contributed by atoms with van der Waals surface area (Å²) in [5, 5.41) is 9.64. The van der Waals surface area contributed by atoms with Crippen molar-refractivity contribution in [3.63, 3.8) is 0 Å². The summed E-state index contributed by atoms with van der Waals surface area (Å²) in [7, 11) is 1.66. The molecule has 8 nitrogen and oxygen atoms in total. The normalized spacial score (nSPS) is 23.8. The van der Waals surface area contributed by atoms with Gasteiger partial charge in [-0.2, -0.15) is 0 Å². The second-order valence-electron chi connectivity index (χ2n) is 7.92. The molecule has 1 saturated heterocycles. The van der Waals surface area contributed by atoms with E-state index in [4.69, 9.17) is 5.73 Å². The molecular formula is C20H28N4O4. The third kappa shape index (κ3) is 3.81. The third-order valence-electron chi connectivity index (χ3n) is 6.22. The van der Waals surface area contributed by atoms with Crippen LogP contribution in [0.3, 0.4) is 0 Å². The van der Waals surface area contributed by atoms with Gasteiger partial charge in [-0.05, 0) is 49.8 Å². The molecular weight excluding hydrogens is 360 g/mol. The molecule has 3 rings (SSSR count). The number of hydrogen-bond donors (Lipinski definition) is 2. The molecule has 1 aliphatic heterocycles. The number of carbonyl (C=O) groups excluding carboxylic acids is 2. The van der Waals surface area contributed by atoms with E-state index in [1.807, 2.05) is 6.92 Å². The van der Waals surface area contributed by atoms with Crippen LogP contribution in [0.1, 0.15) is 44.6 Å². The van der Waals surface area contributed by atoms with Gasteiger partial charge in [0, 0.05) is 19.3 Å². The summed E-state index contributed by atoms with van der Waals surface area (Å²) in [4.78, 5) is 43.7. The van der Waals surface area contributed by atoms with Gasteiger partial charge < -0.3 is 15.7 Å². The van der Waals surface area contributed by atoms with Crippen LogP contribution in [0, 0.1) is 11.8 Å². The van der Waals surface area contributed by atoms with E-state index >= 15 is 0 Å². The van der Waals surface area contributed by atoms with Crippen molar-refractivity contribution in [1.29, 1.82) is 0 Å². The molecule has 1 aromatic rings. The lowest BCUT2D eigenvalue weighted by atomic mass is 9.82. The van der Waals surface area contributed by atoms with Gasteiger partial charge in [0.2, 0.25) is 5.91 Å². The van der Waals surface area contributed by atoms with E-state index in [0.717, 1.165) is 36.1 Å². The Labute approximate surface area is 164 Å². The summed E-state index contributed by atoms with van der Waals surface area (Å²) >= 11 is 0. The molecule has 8 heteroatoms. The van der Waals surface area contributed by atoms with Crippen molar-refractivity contribution >= 4 is 23.7 Å². The Kier molecular flexibility index (Phi) is 5.86. The average molecular weight is 388 g/mol. The molecule has 2 aliphatic rings. The third-order valence-corrected chi connectivity index (χ3v) is 6.22. The fourth-order valence-electron chi connectivity index (χ4n) is 4.40. The molecule has 0 bridgehead atoms. The van der Waals surface area contributed by atoms with E-state index in [1.165, 1.54) is 17.5 Å². The first-order valence-electron chi connectivity index (χ1n) is 9.84. The Balaban J connectivity index is 1.71. The van der Waals surface area contributed by atoms with Crippen LogP contribution in [-0.2, 0) is 16.0 Å². The molecule has 152 valence electrons. The lowest BCUT2D eigenvalue weighted by Crippen LogP contribution is -2.69. The van der Waals surface area contributed by atoms with E-state index in [2.05, 4.69) is 4.98 Å². The number of aliphatic carboxylic acids is 1. The molecule has 2 unspecified atom stereocenters. The highest BCUT2D eigenvalue weighted by atomic mass is 16.4. The smallest absolute Gasteiger partial charge is 0.327 e. The van der Waals surface area contributed by atoms with Gasteiger partial charge in [-0.15, -0.1) is 0 Å². The Morgan fingerprint density at radius 3 is 2.64 bits per heavy atom. The second kappa shape index (κ2) is 8.16. The number of rotatable bonds is 5. The molecule has 3 N–H and O–H groups in total. The number of β-lactam (4-membered cyclic amide) rings is 1. The summed E-state index contributed by atoms with van der Waals surface area (Å²) < 4.78 is 0. The first-order chi connectivity index (χ1) is 13.3. The van der Waals surface area contributed by atoms with Gasteiger partial charge in [-0.25, -0.2) is 19.5 Å². The second-order valence-corrected chi connectivity index (χ2v) is 7.92. The predicted molar refractivity (Wildman–Crippen MR) is 103 cm³/mol. The van der Waals surface area contributed by atoms with E-state index < -0.39 is 29.9 Å². The van der Waals surface area contributed by atoms with Crippen LogP contribution >= 0.6 is 0 Å². The Hall–Kier alpha value is -2.64. The van der Waals surface area contributed by atoms with E-state index in [0.29, 0.717) is 11.7 Å². The quantitative estimate of drug-likeness (QED) is 0.747. The van der Waals surface area contributed by atoms with Crippen LogP contribution < -0.4 is 5.73 Å². The van der Waals surface area contributed by atoms with Crippen LogP contribution in [0.2, 0.25) is 0 Å². The maximum absolute atomic E-state index is 12.9. The minimum absolute atomic E-state index is 0.0332. The van der Waals surface area contributed by atoms with Gasteiger partial charge in [0.05, 0.1) is 5.92 Å². The molecule has 0 radical (unpaired) electrons. The summed E-state index contributed by atoms with van der Waals surface area (Å²) in [6, 6.07) is 1.60. The standard InChI is InChI=1S/C20H28N4O4/c1-12(14-6-4-3-5-7-14)23(2)20(28)24-17(19(26)27)15(18(24)25)10-13-8-9-22-16(21)11-13/h8-9,11-12,14-15,17H,3-7,10H2,1-2H3,(H2,21,22)(H,26,27)/t12?,15-,17?/m1/s1. The first kappa shape index (κ1) is 20.1. The van der Waals surface area contributed by atoms with Crippen LogP contribution in [0.15, 0.2) is 18.3 Å². The maximum Gasteiger partial charge on any atom is 0.327 e. The number of carboxylic acids is 1. The fraction of sp³-hybridized carbons (Fsp3) is 0.600. The van der Waals surface area contributed by atoms with Gasteiger partial charge in [-0.3, -0.25) is 4.79 Å². The molecule has 3 amide bonds. The van der Waals surface area contributed by atoms with Crippen molar-refractivity contribution in [1.82, 2.24) is 14.8 Å². The van der Waals surface area contributed by atoms with Crippen molar-refractivity contribution in [2.45, 2.75) is 57.5 Å². The summed E-state index contributed by atoms with van der Waals surface area (Å²) in [5.74, 6) is -1.70. The lowest BCUT2D eigenvalue weighted by molar-refractivity contribution is -0.166. The Morgan fingerprint density at radius 2 is 2.04 bits per heavy atom. The highest BCUT2D eigenvalue weighted by Crippen LogP contribution is 2.34. The zero-order valence-electron chi connectivity index (χ0n) is 16.4. The van der Waals surface area contributed by atoms with Crippen LogP contribution in [-0.4, -0.2) is 56.9 Å². The van der Waals surface area contributed by atoms with Crippen molar-refractivity contribution in [2.75, 3.05) is 12.8 Å². The number of carbonyl (C=O) groups is 3. The van der Waals surface area contributed by atoms with Crippen molar-refractivity contribution in [2.24, 2.45) is 11.8 Å². The van der Waals surface area contributed by atoms with E-state index in [1.54, 1.807) is 19.2 Å². The van der Waals surface area contributed by atoms with Crippen molar-refractivity contribution < 1.29 is 19.5 Å². The number of nitrogens with two attached hydrogens (primary N) is 1. The van der Waals surface area contributed by atoms with Gasteiger partial charge >= 0.3 is 12.0 Å². The molecule has 28 heavy (non-hydrogen) atoms. The number of anilines is 1. The van der Waals surface area contributed by atoms with Crippen molar-refractivity contribution in [3.8, 4) is 0 Å². The topological polar surface area (TPSA) is 117 Å². The van der Waals surface area contributed by atoms with E-state index in [-0.39, 0.29) is 12.5 Å². The summed E-state index contributed by atoms with van der Waals surface area (Å²) in [6.07, 6.45) is 7.36. The van der Waals surface area contributed by atoms with Gasteiger partial charge in [0.25, 0.3) is 0 Å². The number of aromatic nitrogens is 1. The van der Waals surface area contributed by atoms with Gasteiger partial charge in [0.15, 0.2) is 6.04 Å². The number of carboxylic acid groups (broad SMARTS) is 1. The average Bonchev–Trinajstić information content (AvgIpc) is 2.68. The highest BCUT2D eigenvalue weighted by molar-refractivity contribution is 6.07. The van der Waals surface area contributed by atoms with Crippen LogP contribution in [0.5, 0.6) is 0 Å². The largest absolute Gasteiger partial charge is 0.480 e. The van der Waals surface area contributed by atoms with Gasteiger partial charge in [-0.1, -0.05) is 19.3 Å². The minimum atomic E-state index is -1.17. The summed E-state index contributed by atoms with van der Waals surface area (Å²) in [6.45, 7) is 1.98. The minimum Gasteiger partial charge on any atom is -0.480 e. The molecule has 1 aliphatic carbocycles. The molecule has 0 spiro atoms. The molecule has 3 atom stereocenters. The van der Waals surface area contributed by atoms with Crippen LogP contribution in [0.4, 0.5) is 10.6 Å². The molecule has 1 saturated carbocycles. The number of nitrogen functional groups attached to an aromatic ring is 1. The highest BCUT2D eigenvalue weighted by Gasteiger charge is 2.55. The maximum atomic E-state index is 12.9. The first-order valence-corrected chi connectivity index (χ1v) is 9.84. The molecule has 2 fully saturated rings. The fourth-order valence-corrected chi connectivity index (χ4v) is 4.40. The molecule has 2 heterocycles. The zero-order chi connectivity index (χ0) is 20.4. The number of hydrogen-bond acceptors (Lipinski definition) is 5. The SMILES string of the molecule is CC(C1CCCCC1)N(C)C(=O)N1C(=O)[C@H](Cc2ccnc(N)c2)C1C(=O)O. The molecule has 0 aromatic carbocycles.